The zero-order valence-electron chi connectivity index (χ0n) is 16.2. The van der Waals surface area contributed by atoms with E-state index in [1.165, 1.54) is 37.5 Å². The summed E-state index contributed by atoms with van der Waals surface area (Å²) in [6.07, 6.45) is 1.95. The summed E-state index contributed by atoms with van der Waals surface area (Å²) in [5, 5.41) is 0. The van der Waals surface area contributed by atoms with Gasteiger partial charge in [0.15, 0.2) is 11.5 Å². The zero-order valence-corrected chi connectivity index (χ0v) is 17.0. The van der Waals surface area contributed by atoms with Crippen molar-refractivity contribution in [3.8, 4) is 11.5 Å². The molecule has 0 saturated carbocycles. The number of methoxy groups -OCH3 is 2. The highest BCUT2D eigenvalue weighted by Crippen LogP contribution is 2.29. The first-order chi connectivity index (χ1) is 13.4. The quantitative estimate of drug-likeness (QED) is 0.630. The fourth-order valence-electron chi connectivity index (χ4n) is 2.97. The lowest BCUT2D eigenvalue weighted by molar-refractivity contribution is 0.354. The van der Waals surface area contributed by atoms with Gasteiger partial charge in [-0.2, -0.15) is 0 Å². The second kappa shape index (κ2) is 8.50. The van der Waals surface area contributed by atoms with Crippen molar-refractivity contribution in [2.24, 2.45) is 0 Å². The maximum absolute atomic E-state index is 12.7. The summed E-state index contributed by atoms with van der Waals surface area (Å²) < 4.78 is 40.5. The van der Waals surface area contributed by atoms with Crippen molar-refractivity contribution in [3.05, 3.63) is 77.6 Å². The third kappa shape index (κ3) is 4.37. The summed E-state index contributed by atoms with van der Waals surface area (Å²) in [5.41, 5.74) is 3.28. The molecule has 3 rings (SSSR count). The van der Waals surface area contributed by atoms with Gasteiger partial charge < -0.3 is 14.0 Å². The van der Waals surface area contributed by atoms with Gasteiger partial charge in [0.1, 0.15) is 0 Å². The molecular weight excluding hydrogens is 376 g/mol. The van der Waals surface area contributed by atoms with Crippen LogP contribution in [0.1, 0.15) is 16.8 Å². The second-order valence-corrected chi connectivity index (χ2v) is 8.16. The molecule has 0 saturated heterocycles. The molecule has 0 spiro atoms. The Hall–Kier alpha value is -2.77. The third-order valence-electron chi connectivity index (χ3n) is 4.63. The largest absolute Gasteiger partial charge is 0.493 e. The van der Waals surface area contributed by atoms with Crippen LogP contribution < -0.4 is 14.2 Å². The van der Waals surface area contributed by atoms with E-state index in [9.17, 15) is 8.42 Å². The summed E-state index contributed by atoms with van der Waals surface area (Å²) in [5.74, 6) is 0.849. The van der Waals surface area contributed by atoms with Gasteiger partial charge in [-0.1, -0.05) is 24.3 Å². The first-order valence-corrected chi connectivity index (χ1v) is 10.3. The van der Waals surface area contributed by atoms with E-state index in [1.807, 2.05) is 35.0 Å². The summed E-state index contributed by atoms with van der Waals surface area (Å²) in [7, 11) is -0.711. The van der Waals surface area contributed by atoms with Crippen molar-refractivity contribution >= 4 is 10.0 Å². The average molecular weight is 401 g/mol. The SMILES string of the molecule is COc1ccc(S(=O)(=O)NCc2cccn2Cc2ccccc2C)cc1OC. The van der Waals surface area contributed by atoms with E-state index < -0.39 is 10.0 Å². The minimum absolute atomic E-state index is 0.127. The maximum atomic E-state index is 12.7. The molecule has 0 aliphatic rings. The summed E-state index contributed by atoms with van der Waals surface area (Å²) in [6.45, 7) is 2.95. The first kappa shape index (κ1) is 20.0. The molecule has 3 aromatic rings. The van der Waals surface area contributed by atoms with Gasteiger partial charge in [0.05, 0.1) is 25.7 Å². The number of aromatic nitrogens is 1. The normalized spacial score (nSPS) is 11.4. The number of hydrogen-bond donors (Lipinski definition) is 1. The molecule has 0 amide bonds. The second-order valence-electron chi connectivity index (χ2n) is 6.40. The smallest absolute Gasteiger partial charge is 0.241 e. The molecule has 1 N–H and O–H groups in total. The third-order valence-corrected chi connectivity index (χ3v) is 6.03. The maximum Gasteiger partial charge on any atom is 0.241 e. The van der Waals surface area contributed by atoms with E-state index in [1.54, 1.807) is 6.07 Å². The minimum Gasteiger partial charge on any atom is -0.493 e. The number of nitrogens with one attached hydrogen (secondary N) is 1. The minimum atomic E-state index is -3.69. The van der Waals surface area contributed by atoms with Gasteiger partial charge in [0, 0.05) is 24.5 Å². The Morgan fingerprint density at radius 3 is 2.43 bits per heavy atom. The van der Waals surface area contributed by atoms with Crippen LogP contribution in [0, 0.1) is 6.92 Å². The molecule has 0 fully saturated rings. The Balaban J connectivity index is 1.76. The molecule has 2 aromatic carbocycles. The predicted octanol–water partition coefficient (Wildman–Crippen LogP) is 3.34. The van der Waals surface area contributed by atoms with Gasteiger partial charge in [0.2, 0.25) is 10.0 Å². The molecule has 6 nitrogen and oxygen atoms in total. The summed E-state index contributed by atoms with van der Waals surface area (Å²) in [6, 6.07) is 16.5. The van der Waals surface area contributed by atoms with Crippen molar-refractivity contribution in [3.63, 3.8) is 0 Å². The van der Waals surface area contributed by atoms with Gasteiger partial charge in [-0.25, -0.2) is 13.1 Å². The van der Waals surface area contributed by atoms with Crippen molar-refractivity contribution in [1.82, 2.24) is 9.29 Å². The molecule has 7 heteroatoms. The van der Waals surface area contributed by atoms with Crippen LogP contribution in [0.3, 0.4) is 0 Å². The Bertz CT molecular complexity index is 1060. The average Bonchev–Trinajstić information content (AvgIpc) is 3.14. The van der Waals surface area contributed by atoms with Crippen LogP contribution in [0.25, 0.3) is 0 Å². The molecule has 28 heavy (non-hydrogen) atoms. The van der Waals surface area contributed by atoms with Crippen LogP contribution in [0.15, 0.2) is 65.7 Å². The lowest BCUT2D eigenvalue weighted by atomic mass is 10.1. The fourth-order valence-corrected chi connectivity index (χ4v) is 3.99. The highest BCUT2D eigenvalue weighted by molar-refractivity contribution is 7.89. The molecule has 148 valence electrons. The summed E-state index contributed by atoms with van der Waals surface area (Å²) >= 11 is 0. The molecule has 1 heterocycles. The Kier molecular flexibility index (Phi) is 6.06. The predicted molar refractivity (Wildman–Crippen MR) is 108 cm³/mol. The van der Waals surface area contributed by atoms with Crippen molar-refractivity contribution in [2.75, 3.05) is 14.2 Å². The number of hydrogen-bond acceptors (Lipinski definition) is 4. The number of rotatable bonds is 8. The van der Waals surface area contributed by atoms with Crippen molar-refractivity contribution in [1.29, 1.82) is 0 Å². The first-order valence-electron chi connectivity index (χ1n) is 8.85. The highest BCUT2D eigenvalue weighted by atomic mass is 32.2. The molecule has 0 aliphatic heterocycles. The van der Waals surface area contributed by atoms with Crippen LogP contribution in [0.2, 0.25) is 0 Å². The Morgan fingerprint density at radius 1 is 0.964 bits per heavy atom. The fraction of sp³-hybridized carbons (Fsp3) is 0.238. The van der Waals surface area contributed by atoms with Gasteiger partial charge in [-0.05, 0) is 42.3 Å². The van der Waals surface area contributed by atoms with Crippen LogP contribution >= 0.6 is 0 Å². The van der Waals surface area contributed by atoms with E-state index in [0.29, 0.717) is 18.0 Å². The number of nitrogens with zero attached hydrogens (tertiary/aromatic N) is 1. The van der Waals surface area contributed by atoms with E-state index in [4.69, 9.17) is 9.47 Å². The van der Waals surface area contributed by atoms with E-state index in [2.05, 4.69) is 23.8 Å². The van der Waals surface area contributed by atoms with Gasteiger partial charge in [0.25, 0.3) is 0 Å². The van der Waals surface area contributed by atoms with Crippen LogP contribution in [0.4, 0.5) is 0 Å². The molecule has 1 aromatic heterocycles. The lowest BCUT2D eigenvalue weighted by Gasteiger charge is -2.13. The monoisotopic (exact) mass is 400 g/mol. The lowest BCUT2D eigenvalue weighted by Crippen LogP contribution is -2.24. The Labute approximate surface area is 165 Å². The molecule has 0 unspecified atom stereocenters. The van der Waals surface area contributed by atoms with E-state index in [-0.39, 0.29) is 11.4 Å². The topological polar surface area (TPSA) is 69.6 Å². The van der Waals surface area contributed by atoms with Gasteiger partial charge in [-0.15, -0.1) is 0 Å². The molecule has 0 atom stereocenters. The van der Waals surface area contributed by atoms with Crippen LogP contribution in [0.5, 0.6) is 11.5 Å². The number of benzene rings is 2. The zero-order chi connectivity index (χ0) is 20.1. The summed E-state index contributed by atoms with van der Waals surface area (Å²) in [4.78, 5) is 0.127. The van der Waals surface area contributed by atoms with Gasteiger partial charge in [-0.3, -0.25) is 0 Å². The number of aryl methyl sites for hydroxylation is 1. The number of ether oxygens (including phenoxy) is 2. The Morgan fingerprint density at radius 2 is 1.71 bits per heavy atom. The van der Waals surface area contributed by atoms with Crippen LogP contribution in [-0.2, 0) is 23.1 Å². The van der Waals surface area contributed by atoms with E-state index >= 15 is 0 Å². The molecule has 0 radical (unpaired) electrons. The van der Waals surface area contributed by atoms with Crippen LogP contribution in [-0.4, -0.2) is 27.2 Å². The molecule has 0 aliphatic carbocycles. The standard InChI is InChI=1S/C21H24N2O4S/c1-16-7-4-5-8-17(16)15-23-12-6-9-18(23)14-22-28(24,25)19-10-11-20(26-2)21(13-19)27-3/h4-13,22H,14-15H2,1-3H3. The molecular formula is C21H24N2O4S. The number of sulfonamides is 1. The highest BCUT2D eigenvalue weighted by Gasteiger charge is 2.17. The molecule has 0 bridgehead atoms. The van der Waals surface area contributed by atoms with Gasteiger partial charge >= 0.3 is 0 Å². The van der Waals surface area contributed by atoms with Crippen molar-refractivity contribution < 1.29 is 17.9 Å². The van der Waals surface area contributed by atoms with E-state index in [0.717, 1.165) is 5.69 Å². The van der Waals surface area contributed by atoms with Crippen molar-refractivity contribution in [2.45, 2.75) is 24.9 Å².